The molecule has 1 unspecified atom stereocenters. The molecule has 1 heterocycles. The Bertz CT molecular complexity index is 347. The summed E-state index contributed by atoms with van der Waals surface area (Å²) < 4.78 is 0. The van der Waals surface area contributed by atoms with Crippen LogP contribution in [0.1, 0.15) is 34.8 Å². The number of hydrogen-bond donors (Lipinski definition) is 2. The number of amides is 1. The fourth-order valence-corrected chi connectivity index (χ4v) is 2.09. The SMILES string of the molecule is Cc1ccc(C(=O)NCCC(O)C(C)C)s1. The lowest BCUT2D eigenvalue weighted by atomic mass is 10.0. The van der Waals surface area contributed by atoms with Crippen LogP contribution in [0.15, 0.2) is 12.1 Å². The van der Waals surface area contributed by atoms with Crippen molar-refractivity contribution in [3.05, 3.63) is 21.9 Å². The molecule has 0 spiro atoms. The van der Waals surface area contributed by atoms with E-state index in [1.807, 2.05) is 32.9 Å². The van der Waals surface area contributed by atoms with Gasteiger partial charge in [-0.2, -0.15) is 0 Å². The minimum Gasteiger partial charge on any atom is -0.393 e. The van der Waals surface area contributed by atoms with Gasteiger partial charge in [0.25, 0.3) is 5.91 Å². The topological polar surface area (TPSA) is 49.3 Å². The number of carbonyl (C=O) groups excluding carboxylic acids is 1. The van der Waals surface area contributed by atoms with Gasteiger partial charge in [-0.05, 0) is 31.4 Å². The summed E-state index contributed by atoms with van der Waals surface area (Å²) in [6, 6.07) is 3.76. The molecule has 4 heteroatoms. The highest BCUT2D eigenvalue weighted by Crippen LogP contribution is 2.14. The average Bonchev–Trinajstić information content (AvgIpc) is 2.64. The number of hydrogen-bond acceptors (Lipinski definition) is 3. The minimum atomic E-state index is -0.342. The van der Waals surface area contributed by atoms with E-state index in [1.165, 1.54) is 11.3 Å². The van der Waals surface area contributed by atoms with Gasteiger partial charge in [0.1, 0.15) is 0 Å². The van der Waals surface area contributed by atoms with E-state index in [0.717, 1.165) is 9.75 Å². The molecule has 0 saturated carbocycles. The lowest BCUT2D eigenvalue weighted by molar-refractivity contribution is 0.0924. The van der Waals surface area contributed by atoms with Gasteiger partial charge in [-0.25, -0.2) is 0 Å². The largest absolute Gasteiger partial charge is 0.393 e. The summed E-state index contributed by atoms with van der Waals surface area (Å²) in [5.74, 6) is 0.190. The molecule has 0 aromatic carbocycles. The van der Waals surface area contributed by atoms with Gasteiger partial charge in [0.2, 0.25) is 0 Å². The number of aryl methyl sites for hydroxylation is 1. The average molecular weight is 241 g/mol. The third-order valence-electron chi connectivity index (χ3n) is 2.46. The quantitative estimate of drug-likeness (QED) is 0.830. The Balaban J connectivity index is 2.31. The first-order valence-electron chi connectivity index (χ1n) is 5.53. The van der Waals surface area contributed by atoms with E-state index in [2.05, 4.69) is 5.32 Å². The predicted molar refractivity (Wildman–Crippen MR) is 66.9 cm³/mol. The molecular formula is C12H19NO2S. The molecule has 1 amide bonds. The first-order chi connectivity index (χ1) is 7.50. The van der Waals surface area contributed by atoms with E-state index >= 15 is 0 Å². The van der Waals surface area contributed by atoms with Gasteiger partial charge in [-0.15, -0.1) is 11.3 Å². The van der Waals surface area contributed by atoms with Crippen molar-refractivity contribution >= 4 is 17.2 Å². The summed E-state index contributed by atoms with van der Waals surface area (Å²) in [6.45, 7) is 6.43. The first kappa shape index (κ1) is 13.2. The number of aliphatic hydroxyl groups excluding tert-OH is 1. The van der Waals surface area contributed by atoms with Crippen LogP contribution in [0.3, 0.4) is 0 Å². The Morgan fingerprint density at radius 1 is 1.50 bits per heavy atom. The summed E-state index contributed by atoms with van der Waals surface area (Å²) in [6.07, 6.45) is 0.263. The van der Waals surface area contributed by atoms with Crippen molar-refractivity contribution in [1.82, 2.24) is 5.32 Å². The van der Waals surface area contributed by atoms with Crippen LogP contribution in [-0.4, -0.2) is 23.7 Å². The number of thiophene rings is 1. The maximum Gasteiger partial charge on any atom is 0.261 e. The summed E-state index contributed by atoms with van der Waals surface area (Å²) in [4.78, 5) is 13.5. The van der Waals surface area contributed by atoms with Gasteiger partial charge in [0.15, 0.2) is 0 Å². The highest BCUT2D eigenvalue weighted by molar-refractivity contribution is 7.13. The smallest absolute Gasteiger partial charge is 0.261 e. The lowest BCUT2D eigenvalue weighted by Gasteiger charge is -2.14. The second kappa shape index (κ2) is 6.01. The van der Waals surface area contributed by atoms with Crippen molar-refractivity contribution in [3.63, 3.8) is 0 Å². The monoisotopic (exact) mass is 241 g/mol. The van der Waals surface area contributed by atoms with Crippen molar-refractivity contribution in [2.45, 2.75) is 33.3 Å². The first-order valence-corrected chi connectivity index (χ1v) is 6.35. The summed E-state index contributed by atoms with van der Waals surface area (Å²) in [7, 11) is 0. The molecule has 1 rings (SSSR count). The third-order valence-corrected chi connectivity index (χ3v) is 3.46. The molecule has 1 aromatic heterocycles. The summed E-state index contributed by atoms with van der Waals surface area (Å²) in [5.41, 5.74) is 0. The molecule has 16 heavy (non-hydrogen) atoms. The van der Waals surface area contributed by atoms with Crippen LogP contribution < -0.4 is 5.32 Å². The van der Waals surface area contributed by atoms with E-state index in [-0.39, 0.29) is 17.9 Å². The molecule has 0 bridgehead atoms. The molecule has 0 aliphatic carbocycles. The highest BCUT2D eigenvalue weighted by Gasteiger charge is 2.11. The normalized spacial score (nSPS) is 12.8. The van der Waals surface area contributed by atoms with E-state index in [1.54, 1.807) is 0 Å². The Labute approximate surface area is 100 Å². The van der Waals surface area contributed by atoms with Crippen LogP contribution in [0.2, 0.25) is 0 Å². The Hall–Kier alpha value is -0.870. The molecule has 90 valence electrons. The fraction of sp³-hybridized carbons (Fsp3) is 0.583. The molecule has 3 nitrogen and oxygen atoms in total. The van der Waals surface area contributed by atoms with Crippen molar-refractivity contribution in [1.29, 1.82) is 0 Å². The Kier molecular flexibility index (Phi) is 4.96. The zero-order valence-electron chi connectivity index (χ0n) is 9.99. The Morgan fingerprint density at radius 3 is 2.69 bits per heavy atom. The Morgan fingerprint density at radius 2 is 2.19 bits per heavy atom. The third kappa shape index (κ3) is 3.94. The van der Waals surface area contributed by atoms with Gasteiger partial charge >= 0.3 is 0 Å². The molecule has 0 saturated heterocycles. The van der Waals surface area contributed by atoms with Crippen LogP contribution in [0, 0.1) is 12.8 Å². The minimum absolute atomic E-state index is 0.0472. The van der Waals surface area contributed by atoms with Crippen LogP contribution in [-0.2, 0) is 0 Å². The molecule has 0 aliphatic rings. The summed E-state index contributed by atoms with van der Waals surface area (Å²) >= 11 is 1.49. The maximum absolute atomic E-state index is 11.6. The number of aliphatic hydroxyl groups is 1. The standard InChI is InChI=1S/C12H19NO2S/c1-8(2)10(14)6-7-13-12(15)11-5-4-9(3)16-11/h4-5,8,10,14H,6-7H2,1-3H3,(H,13,15). The van der Waals surface area contributed by atoms with Crippen molar-refractivity contribution in [2.24, 2.45) is 5.92 Å². The van der Waals surface area contributed by atoms with Gasteiger partial charge in [0, 0.05) is 11.4 Å². The van der Waals surface area contributed by atoms with E-state index < -0.39 is 0 Å². The molecule has 1 aromatic rings. The maximum atomic E-state index is 11.6. The molecule has 0 fully saturated rings. The fourth-order valence-electron chi connectivity index (χ4n) is 1.31. The van der Waals surface area contributed by atoms with Crippen molar-refractivity contribution in [3.8, 4) is 0 Å². The second-order valence-electron chi connectivity index (χ2n) is 4.27. The molecular weight excluding hydrogens is 222 g/mol. The van der Waals surface area contributed by atoms with Gasteiger partial charge in [-0.3, -0.25) is 4.79 Å². The van der Waals surface area contributed by atoms with Crippen LogP contribution in [0.25, 0.3) is 0 Å². The lowest BCUT2D eigenvalue weighted by Crippen LogP contribution is -2.28. The summed E-state index contributed by atoms with van der Waals surface area (Å²) in [5, 5.41) is 12.4. The highest BCUT2D eigenvalue weighted by atomic mass is 32.1. The molecule has 0 radical (unpaired) electrons. The van der Waals surface area contributed by atoms with E-state index in [4.69, 9.17) is 0 Å². The number of nitrogens with one attached hydrogen (secondary N) is 1. The number of carbonyl (C=O) groups is 1. The predicted octanol–water partition coefficient (Wildman–Crippen LogP) is 2.19. The molecule has 1 atom stereocenters. The second-order valence-corrected chi connectivity index (χ2v) is 5.55. The van der Waals surface area contributed by atoms with Gasteiger partial charge in [0.05, 0.1) is 11.0 Å². The molecule has 2 N–H and O–H groups in total. The van der Waals surface area contributed by atoms with Crippen molar-refractivity contribution < 1.29 is 9.90 Å². The zero-order chi connectivity index (χ0) is 12.1. The van der Waals surface area contributed by atoms with Gasteiger partial charge < -0.3 is 10.4 Å². The van der Waals surface area contributed by atoms with Crippen LogP contribution >= 0.6 is 11.3 Å². The number of rotatable bonds is 5. The molecule has 0 aliphatic heterocycles. The zero-order valence-corrected chi connectivity index (χ0v) is 10.8. The van der Waals surface area contributed by atoms with Crippen molar-refractivity contribution in [2.75, 3.05) is 6.54 Å². The van der Waals surface area contributed by atoms with E-state index in [0.29, 0.717) is 13.0 Å². The van der Waals surface area contributed by atoms with E-state index in [9.17, 15) is 9.90 Å². The van der Waals surface area contributed by atoms with Gasteiger partial charge in [-0.1, -0.05) is 13.8 Å². The van der Waals surface area contributed by atoms with Crippen LogP contribution in [0.4, 0.5) is 0 Å². The van der Waals surface area contributed by atoms with Crippen LogP contribution in [0.5, 0.6) is 0 Å².